The molecule has 0 spiro atoms. The molecule has 0 amide bonds. The maximum Gasteiger partial charge on any atom is 0.0174 e. The lowest BCUT2D eigenvalue weighted by molar-refractivity contribution is 0.440. The van der Waals surface area contributed by atoms with Gasteiger partial charge in [0.15, 0.2) is 0 Å². The first-order chi connectivity index (χ1) is 14.7. The van der Waals surface area contributed by atoms with Gasteiger partial charge in [-0.15, -0.1) is 11.8 Å². The molecule has 0 aromatic rings. The van der Waals surface area contributed by atoms with Crippen molar-refractivity contribution < 1.29 is 0 Å². The van der Waals surface area contributed by atoms with Gasteiger partial charge in [-0.3, -0.25) is 0 Å². The minimum Gasteiger partial charge on any atom is -0.103 e. The van der Waals surface area contributed by atoms with Crippen LogP contribution in [0.25, 0.3) is 0 Å². The van der Waals surface area contributed by atoms with Gasteiger partial charge in [0.05, 0.1) is 0 Å². The van der Waals surface area contributed by atoms with Crippen molar-refractivity contribution in [2.24, 2.45) is 11.8 Å². The van der Waals surface area contributed by atoms with Crippen molar-refractivity contribution in [2.45, 2.75) is 155 Å². The van der Waals surface area contributed by atoms with Crippen LogP contribution in [0.5, 0.6) is 0 Å². The Hall–Kier alpha value is -0.440. The minimum absolute atomic E-state index is 0.595. The molecule has 0 aromatic carbocycles. The normalized spacial score (nSPS) is 13.1. The zero-order chi connectivity index (χ0) is 22.1. The summed E-state index contributed by atoms with van der Waals surface area (Å²) < 4.78 is 0. The Bertz CT molecular complexity index is 371. The Kier molecular flexibility index (Phi) is 24.5. The van der Waals surface area contributed by atoms with Crippen molar-refractivity contribution in [3.05, 3.63) is 13.8 Å². The number of hydrogen-bond donors (Lipinski definition) is 0. The molecule has 2 radical (unpaired) electrons. The standard InChI is InChI=1S/C30H56/c1-5-7-9-10-11-12-13-14-15-18-22-27-30(4)28-24-20-17-16-19-23-26-29(3)25-21-8-6-2/h29-30H,1-2,5-23,25-27H2,3-4H3. The molecule has 2 atom stereocenters. The van der Waals surface area contributed by atoms with E-state index in [2.05, 4.69) is 39.5 Å². The minimum atomic E-state index is 0.595. The fraction of sp³-hybridized carbons (Fsp3) is 0.867. The van der Waals surface area contributed by atoms with Gasteiger partial charge in [0.25, 0.3) is 0 Å². The molecule has 0 heterocycles. The summed E-state index contributed by atoms with van der Waals surface area (Å²) >= 11 is 0. The molecule has 30 heavy (non-hydrogen) atoms. The highest BCUT2D eigenvalue weighted by atomic mass is 14.1. The third kappa shape index (κ3) is 23.8. The maximum atomic E-state index is 3.93. The van der Waals surface area contributed by atoms with Crippen LogP contribution in [0.3, 0.4) is 0 Å². The van der Waals surface area contributed by atoms with E-state index >= 15 is 0 Å². The van der Waals surface area contributed by atoms with Gasteiger partial charge in [0, 0.05) is 12.3 Å². The van der Waals surface area contributed by atoms with Crippen LogP contribution >= 0.6 is 0 Å². The van der Waals surface area contributed by atoms with E-state index in [1.54, 1.807) is 0 Å². The molecule has 0 saturated carbocycles. The maximum absolute atomic E-state index is 3.93. The second-order valence-electron chi connectivity index (χ2n) is 9.81. The lowest BCUT2D eigenvalue weighted by Gasteiger charge is -2.10. The number of hydrogen-bond acceptors (Lipinski definition) is 0. The second-order valence-corrected chi connectivity index (χ2v) is 9.81. The van der Waals surface area contributed by atoms with Crippen LogP contribution in [0.2, 0.25) is 0 Å². The quantitative estimate of drug-likeness (QED) is 0.122. The van der Waals surface area contributed by atoms with Crippen molar-refractivity contribution >= 4 is 0 Å². The molecule has 0 nitrogen and oxygen atoms in total. The van der Waals surface area contributed by atoms with Crippen LogP contribution in [-0.4, -0.2) is 0 Å². The summed E-state index contributed by atoms with van der Waals surface area (Å²) in [4.78, 5) is 0. The predicted molar refractivity (Wildman–Crippen MR) is 138 cm³/mol. The van der Waals surface area contributed by atoms with E-state index in [9.17, 15) is 0 Å². The molecule has 0 bridgehead atoms. The lowest BCUT2D eigenvalue weighted by atomic mass is 9.96. The van der Waals surface area contributed by atoms with Crippen LogP contribution < -0.4 is 0 Å². The van der Waals surface area contributed by atoms with Crippen molar-refractivity contribution in [1.82, 2.24) is 0 Å². The molecule has 0 aliphatic rings. The third-order valence-corrected chi connectivity index (χ3v) is 6.43. The number of rotatable bonds is 22. The predicted octanol–water partition coefficient (Wildman–Crippen LogP) is 10.5. The molecule has 2 unspecified atom stereocenters. The highest BCUT2D eigenvalue weighted by Crippen LogP contribution is 2.17. The fourth-order valence-electron chi connectivity index (χ4n) is 4.23. The van der Waals surface area contributed by atoms with E-state index in [1.807, 2.05) is 0 Å². The molecule has 0 aliphatic carbocycles. The fourth-order valence-corrected chi connectivity index (χ4v) is 4.23. The first-order valence-corrected chi connectivity index (χ1v) is 13.8. The van der Waals surface area contributed by atoms with Crippen molar-refractivity contribution in [3.8, 4) is 11.8 Å². The highest BCUT2D eigenvalue weighted by Gasteiger charge is 2.01. The Morgan fingerprint density at radius 3 is 1.47 bits per heavy atom. The van der Waals surface area contributed by atoms with Gasteiger partial charge in [-0.1, -0.05) is 150 Å². The van der Waals surface area contributed by atoms with Crippen molar-refractivity contribution in [1.29, 1.82) is 0 Å². The summed E-state index contributed by atoms with van der Waals surface area (Å²) in [6, 6.07) is 0. The van der Waals surface area contributed by atoms with Gasteiger partial charge in [0.1, 0.15) is 0 Å². The van der Waals surface area contributed by atoms with Crippen LogP contribution in [-0.2, 0) is 0 Å². The lowest BCUT2D eigenvalue weighted by Crippen LogP contribution is -1.94. The van der Waals surface area contributed by atoms with Gasteiger partial charge in [-0.25, -0.2) is 0 Å². The molecular weight excluding hydrogens is 360 g/mol. The summed E-state index contributed by atoms with van der Waals surface area (Å²) in [7, 11) is 0. The smallest absolute Gasteiger partial charge is 0.0174 e. The van der Waals surface area contributed by atoms with Crippen LogP contribution in [0, 0.1) is 37.5 Å². The van der Waals surface area contributed by atoms with E-state index in [0.29, 0.717) is 5.92 Å². The van der Waals surface area contributed by atoms with Gasteiger partial charge in [-0.2, -0.15) is 0 Å². The van der Waals surface area contributed by atoms with E-state index in [4.69, 9.17) is 0 Å². The van der Waals surface area contributed by atoms with Crippen LogP contribution in [0.4, 0.5) is 0 Å². The summed E-state index contributed by atoms with van der Waals surface area (Å²) in [5.41, 5.74) is 0. The van der Waals surface area contributed by atoms with Crippen LogP contribution in [0.15, 0.2) is 0 Å². The summed E-state index contributed by atoms with van der Waals surface area (Å²) in [6.07, 6.45) is 29.6. The monoisotopic (exact) mass is 416 g/mol. The number of unbranched alkanes of at least 4 members (excludes halogenated alkanes) is 16. The molecule has 0 heteroatoms. The summed E-state index contributed by atoms with van der Waals surface area (Å²) in [5.74, 6) is 8.45. The van der Waals surface area contributed by atoms with Gasteiger partial charge >= 0.3 is 0 Å². The highest BCUT2D eigenvalue weighted by molar-refractivity contribution is 5.02. The topological polar surface area (TPSA) is 0 Å². The zero-order valence-corrected chi connectivity index (χ0v) is 21.1. The average molecular weight is 417 g/mol. The van der Waals surface area contributed by atoms with E-state index < -0.39 is 0 Å². The van der Waals surface area contributed by atoms with E-state index in [-0.39, 0.29) is 0 Å². The molecular formula is C30H56. The Balaban J connectivity index is 3.34. The largest absolute Gasteiger partial charge is 0.103 e. The molecule has 176 valence electrons. The first kappa shape index (κ1) is 29.6. The molecule has 0 aliphatic heterocycles. The zero-order valence-electron chi connectivity index (χ0n) is 21.1. The summed E-state index contributed by atoms with van der Waals surface area (Å²) in [6.45, 7) is 12.6. The Morgan fingerprint density at radius 2 is 0.900 bits per heavy atom. The molecule has 0 aromatic heterocycles. The van der Waals surface area contributed by atoms with E-state index in [0.717, 1.165) is 25.2 Å². The Labute approximate surface area is 192 Å². The average Bonchev–Trinajstić information content (AvgIpc) is 2.74. The second kappa shape index (κ2) is 24.8. The third-order valence-electron chi connectivity index (χ3n) is 6.43. The molecule has 0 fully saturated rings. The van der Waals surface area contributed by atoms with Gasteiger partial charge < -0.3 is 0 Å². The van der Waals surface area contributed by atoms with Gasteiger partial charge in [0.2, 0.25) is 0 Å². The van der Waals surface area contributed by atoms with E-state index in [1.165, 1.54) is 122 Å². The van der Waals surface area contributed by atoms with Crippen molar-refractivity contribution in [2.75, 3.05) is 0 Å². The first-order valence-electron chi connectivity index (χ1n) is 13.8. The van der Waals surface area contributed by atoms with Crippen LogP contribution in [0.1, 0.15) is 155 Å². The Morgan fingerprint density at radius 1 is 0.500 bits per heavy atom. The summed E-state index contributed by atoms with van der Waals surface area (Å²) in [5, 5.41) is 0. The van der Waals surface area contributed by atoms with Gasteiger partial charge in [-0.05, 0) is 18.8 Å². The molecule has 0 saturated heterocycles. The SMILES string of the molecule is [CH2]CCCCCCCCCCCCC(C)C#CCCCCCCC(C)CCCC[CH2]. The molecule has 0 rings (SSSR count). The van der Waals surface area contributed by atoms with Crippen molar-refractivity contribution in [3.63, 3.8) is 0 Å². The molecule has 0 N–H and O–H groups in total.